The molecule has 498 valence electrons. The zero-order chi connectivity index (χ0) is 65.2. The molecule has 4 saturated carbocycles. The molecule has 5 heterocycles. The molecule has 2 aromatic carbocycles. The molecule has 1 unspecified atom stereocenters. The van der Waals surface area contributed by atoms with Gasteiger partial charge in [0.2, 0.25) is 29.5 Å². The summed E-state index contributed by atoms with van der Waals surface area (Å²) in [5.41, 5.74) is 2.11. The van der Waals surface area contributed by atoms with Crippen molar-refractivity contribution in [3.63, 3.8) is 0 Å². The van der Waals surface area contributed by atoms with Crippen LogP contribution in [0, 0.1) is 59.0 Å². The van der Waals surface area contributed by atoms with Crippen LogP contribution in [0.4, 0.5) is 20.2 Å². The number of rotatable bonds is 29. The van der Waals surface area contributed by atoms with Gasteiger partial charge in [-0.3, -0.25) is 52.7 Å². The quantitative estimate of drug-likeness (QED) is 0.0335. The number of carbonyl (C=O) groups excluding carboxylic acids is 7. The molecule has 0 spiro atoms. The number of aliphatic hydroxyl groups excluding tert-OH is 1. The molecule has 0 radical (unpaired) electrons. The second kappa shape index (κ2) is 28.6. The molecule has 4 aliphatic carbocycles. The molecule has 7 aliphatic rings. The second-order valence-electron chi connectivity index (χ2n) is 27.4. The van der Waals surface area contributed by atoms with Crippen LogP contribution in [-0.2, 0) is 43.6 Å². The number of amides is 7. The van der Waals surface area contributed by atoms with Crippen LogP contribution in [-0.4, -0.2) is 175 Å². The van der Waals surface area contributed by atoms with Gasteiger partial charge in [-0.05, 0) is 167 Å². The minimum atomic E-state index is -1.04. The minimum absolute atomic E-state index is 0.0404. The molecule has 7 fully saturated rings. The summed E-state index contributed by atoms with van der Waals surface area (Å²) in [6.07, 6.45) is 8.47. The van der Waals surface area contributed by atoms with Gasteiger partial charge in [-0.25, -0.2) is 8.78 Å². The molecule has 24 heteroatoms. The number of aryl methyl sites for hydroxylation is 2. The molecular formula is C68H94F2N14O8. The number of benzene rings is 2. The maximum atomic E-state index is 16.4. The Labute approximate surface area is 538 Å². The number of fused-ring (bicyclic) bond motifs is 1. The lowest BCUT2D eigenvalue weighted by molar-refractivity contribution is -0.138. The Bertz CT molecular complexity index is 3320. The Balaban J connectivity index is 0.715. The molecule has 3 saturated heterocycles. The van der Waals surface area contributed by atoms with Crippen molar-refractivity contribution in [1.82, 2.24) is 60.4 Å². The lowest BCUT2D eigenvalue weighted by atomic mass is 9.88. The van der Waals surface area contributed by atoms with Crippen molar-refractivity contribution in [2.75, 3.05) is 70.0 Å². The standard InChI is InChI=1S/C68H94F2N14O8/c1-8-55(85)74-59(38(5)44-20-22-51(49(69)30-44)72-65(89)61(57(40-12-13-40)41-14-15-41)76-63(87)53-24-25-71-83(53)10-3)67(91)81-28-26-80(27-29-81)37-48-32-54(84(11-4)78-48)64(88)77-62(58(42-16-17-42)43-18-19-43)66(90)73-52-23-21-45(31-50(52)70)39(6)60(75-56(86)9-2)68(92)82-35-46-33-79(7)34-47(46)36-82/h20-25,30-32,38-43,46-47,57-62,68,92H,8-19,26-29,33-37H2,1-7H3,(H,72,89)(H,73,90)(H,74,85)(H,75,86)(H,76,87)(H,77,88)/t38-,39-,46-,47+,59+,60+,61-,62-,68?/m0/s1. The predicted octanol–water partition coefficient (Wildman–Crippen LogP) is 5.90. The first-order valence-electron chi connectivity index (χ1n) is 33.9. The molecule has 22 nitrogen and oxygen atoms in total. The van der Waals surface area contributed by atoms with Crippen molar-refractivity contribution in [3.05, 3.63) is 94.6 Å². The number of piperazine rings is 1. The largest absolute Gasteiger partial charge is 0.376 e. The van der Waals surface area contributed by atoms with Crippen LogP contribution in [0.3, 0.4) is 0 Å². The number of hydrogen-bond donors (Lipinski definition) is 7. The fraction of sp³-hybridized carbons (Fsp3) is 0.632. The average molecular weight is 1270 g/mol. The van der Waals surface area contributed by atoms with E-state index in [1.54, 1.807) is 65.5 Å². The van der Waals surface area contributed by atoms with Crippen LogP contribution >= 0.6 is 0 Å². The summed E-state index contributed by atoms with van der Waals surface area (Å²) in [4.78, 5) is 105. The number of anilines is 2. The van der Waals surface area contributed by atoms with Gasteiger partial charge in [0, 0.05) is 103 Å². The first-order valence-corrected chi connectivity index (χ1v) is 33.9. The van der Waals surface area contributed by atoms with Crippen molar-refractivity contribution in [2.45, 2.75) is 168 Å². The highest BCUT2D eigenvalue weighted by Gasteiger charge is 2.51. The van der Waals surface area contributed by atoms with Crippen LogP contribution in [0.5, 0.6) is 0 Å². The number of aromatic nitrogens is 4. The Kier molecular flexibility index (Phi) is 20.6. The summed E-state index contributed by atoms with van der Waals surface area (Å²) in [6.45, 7) is 16.8. The van der Waals surface area contributed by atoms with Gasteiger partial charge in [0.1, 0.15) is 47.4 Å². The van der Waals surface area contributed by atoms with Crippen molar-refractivity contribution in [1.29, 1.82) is 0 Å². The van der Waals surface area contributed by atoms with E-state index in [9.17, 15) is 38.7 Å². The Hall–Kier alpha value is -7.15. The number of nitrogens with one attached hydrogen (secondary N) is 6. The molecule has 2 aromatic heterocycles. The number of nitrogens with zero attached hydrogens (tertiary/aromatic N) is 8. The molecule has 11 rings (SSSR count). The Morgan fingerprint density at radius 2 is 1.08 bits per heavy atom. The van der Waals surface area contributed by atoms with Gasteiger partial charge in [-0.15, -0.1) is 0 Å². The van der Waals surface area contributed by atoms with Gasteiger partial charge in [-0.2, -0.15) is 10.2 Å². The Morgan fingerprint density at radius 3 is 1.55 bits per heavy atom. The summed E-state index contributed by atoms with van der Waals surface area (Å²) >= 11 is 0. The van der Waals surface area contributed by atoms with Gasteiger partial charge in [0.05, 0.1) is 23.1 Å². The highest BCUT2D eigenvalue weighted by atomic mass is 19.1. The molecule has 7 amide bonds. The number of aliphatic hydroxyl groups is 1. The van der Waals surface area contributed by atoms with E-state index < -0.39 is 77.5 Å². The monoisotopic (exact) mass is 1270 g/mol. The van der Waals surface area contributed by atoms with E-state index in [1.807, 2.05) is 25.7 Å². The molecule has 4 aromatic rings. The van der Waals surface area contributed by atoms with Gasteiger partial charge in [0.25, 0.3) is 11.8 Å². The lowest BCUT2D eigenvalue weighted by Gasteiger charge is -2.37. The smallest absolute Gasteiger partial charge is 0.270 e. The number of likely N-dealkylation sites (tertiary alicyclic amines) is 2. The van der Waals surface area contributed by atoms with Gasteiger partial charge >= 0.3 is 0 Å². The summed E-state index contributed by atoms with van der Waals surface area (Å²) in [6, 6.07) is 8.70. The molecule has 92 heavy (non-hydrogen) atoms. The third-order valence-corrected chi connectivity index (χ3v) is 20.8. The predicted molar refractivity (Wildman–Crippen MR) is 341 cm³/mol. The Morgan fingerprint density at radius 1 is 0.587 bits per heavy atom. The minimum Gasteiger partial charge on any atom is -0.376 e. The molecule has 7 N–H and O–H groups in total. The number of halogens is 2. The fourth-order valence-electron chi connectivity index (χ4n) is 15.0. The van der Waals surface area contributed by atoms with E-state index >= 15 is 8.78 Å². The number of hydrogen-bond acceptors (Lipinski definition) is 13. The number of carbonyl (C=O) groups is 7. The second-order valence-corrected chi connectivity index (χ2v) is 27.4. The third-order valence-electron chi connectivity index (χ3n) is 20.8. The maximum absolute atomic E-state index is 16.4. The van der Waals surface area contributed by atoms with Crippen LogP contribution in [0.2, 0.25) is 0 Å². The first kappa shape index (κ1) is 66.3. The van der Waals surface area contributed by atoms with E-state index in [-0.39, 0.29) is 83.1 Å². The van der Waals surface area contributed by atoms with E-state index in [2.05, 4.69) is 53.8 Å². The van der Waals surface area contributed by atoms with E-state index in [1.165, 1.54) is 24.3 Å². The van der Waals surface area contributed by atoms with Gasteiger partial charge in [-0.1, -0.05) is 39.8 Å². The van der Waals surface area contributed by atoms with Gasteiger partial charge in [0.15, 0.2) is 0 Å². The SMILES string of the molecule is CCC(=O)N[C@@H](C(=O)N1CCN(Cc2cc(C(=O)N[C@H](C(=O)Nc3ccc([C@H](C)[C@@H](NC(=O)CC)C(O)N4C[C@H]5CN(C)C[C@H]5C4)cc3F)C(C3CC3)C3CC3)n(CC)n2)CC1)[C@@H](C)c1ccc(NC(=O)[C@@H](NC(=O)c2ccnn2CC)C(C2CC2)C2CC2)c(F)c1. The first-order chi connectivity index (χ1) is 44.2. The van der Waals surface area contributed by atoms with Crippen molar-refractivity contribution >= 4 is 52.7 Å². The fourth-order valence-corrected chi connectivity index (χ4v) is 15.0. The average Bonchev–Trinajstić information content (AvgIpc) is 1.71. The van der Waals surface area contributed by atoms with Crippen LogP contribution < -0.4 is 31.9 Å². The highest BCUT2D eigenvalue weighted by molar-refractivity contribution is 6.02. The van der Waals surface area contributed by atoms with Crippen molar-refractivity contribution < 1.29 is 47.4 Å². The summed E-state index contributed by atoms with van der Waals surface area (Å²) < 4.78 is 35.8. The van der Waals surface area contributed by atoms with Crippen LogP contribution in [0.25, 0.3) is 0 Å². The highest BCUT2D eigenvalue weighted by Crippen LogP contribution is 2.52. The topological polar surface area (TPSA) is 260 Å². The third kappa shape index (κ3) is 15.2. The van der Waals surface area contributed by atoms with E-state index in [0.29, 0.717) is 93.3 Å². The van der Waals surface area contributed by atoms with Crippen LogP contribution in [0.15, 0.2) is 54.7 Å². The molecule has 9 atom stereocenters. The maximum Gasteiger partial charge on any atom is 0.270 e. The summed E-state index contributed by atoms with van der Waals surface area (Å²) in [7, 11) is 2.10. The molecular weight excluding hydrogens is 1180 g/mol. The summed E-state index contributed by atoms with van der Waals surface area (Å²) in [5.74, 6) is -3.68. The lowest BCUT2D eigenvalue weighted by Crippen LogP contribution is -2.56. The van der Waals surface area contributed by atoms with Gasteiger partial charge < -0.3 is 46.8 Å². The zero-order valence-corrected chi connectivity index (χ0v) is 54.3. The van der Waals surface area contributed by atoms with Crippen molar-refractivity contribution in [3.8, 4) is 0 Å². The molecule has 0 bridgehead atoms. The zero-order valence-electron chi connectivity index (χ0n) is 54.3. The van der Waals surface area contributed by atoms with Crippen molar-refractivity contribution in [2.24, 2.45) is 47.3 Å². The summed E-state index contributed by atoms with van der Waals surface area (Å²) in [5, 5.41) is 38.4. The van der Waals surface area contributed by atoms with E-state index in [0.717, 1.165) is 64.5 Å². The normalized spacial score (nSPS) is 21.8. The molecule has 3 aliphatic heterocycles. The van der Waals surface area contributed by atoms with E-state index in [4.69, 9.17) is 5.10 Å². The van der Waals surface area contributed by atoms with Crippen LogP contribution in [0.1, 0.15) is 155 Å².